The zero-order valence-electron chi connectivity index (χ0n) is 13.6. The Morgan fingerprint density at radius 3 is 2.33 bits per heavy atom. The van der Waals surface area contributed by atoms with Crippen molar-refractivity contribution < 1.29 is 4.74 Å². The number of nitrogens with one attached hydrogen (secondary N) is 2. The van der Waals surface area contributed by atoms with E-state index in [1.54, 1.807) is 7.11 Å². The fourth-order valence-corrected chi connectivity index (χ4v) is 1.82. The molecule has 0 saturated heterocycles. The molecule has 4 nitrogen and oxygen atoms in total. The lowest BCUT2D eigenvalue weighted by Crippen LogP contribution is -2.47. The molecule has 0 aromatic heterocycles. The molecule has 1 atom stereocenters. The van der Waals surface area contributed by atoms with Crippen molar-refractivity contribution in [2.75, 3.05) is 20.2 Å². The van der Waals surface area contributed by atoms with E-state index in [1.165, 1.54) is 0 Å². The molecule has 0 saturated carbocycles. The van der Waals surface area contributed by atoms with E-state index in [4.69, 9.17) is 4.74 Å². The number of guanidine groups is 1. The van der Waals surface area contributed by atoms with Crippen LogP contribution in [-0.2, 0) is 4.74 Å². The molecule has 1 unspecified atom stereocenters. The van der Waals surface area contributed by atoms with Crippen LogP contribution in [0.25, 0.3) is 0 Å². The summed E-state index contributed by atoms with van der Waals surface area (Å²) < 4.78 is 5.53. The number of hydrogen-bond acceptors (Lipinski definition) is 2. The first-order valence-electron chi connectivity index (χ1n) is 7.10. The van der Waals surface area contributed by atoms with Crippen molar-refractivity contribution in [1.29, 1.82) is 0 Å². The van der Waals surface area contributed by atoms with Gasteiger partial charge in [-0.05, 0) is 33.3 Å². The summed E-state index contributed by atoms with van der Waals surface area (Å²) in [6.45, 7) is 9.84. The predicted octanol–water partition coefficient (Wildman–Crippen LogP) is 3.35. The highest BCUT2D eigenvalue weighted by Gasteiger charge is 2.13. The molecule has 0 aliphatic carbocycles. The summed E-state index contributed by atoms with van der Waals surface area (Å²) in [7, 11) is 1.72. The van der Waals surface area contributed by atoms with Gasteiger partial charge >= 0.3 is 0 Å². The molecule has 0 fully saturated rings. The molecule has 1 aromatic carbocycles. The van der Waals surface area contributed by atoms with E-state index in [0.717, 1.165) is 18.1 Å². The molecule has 2 N–H and O–H groups in total. The summed E-state index contributed by atoms with van der Waals surface area (Å²) in [5, 5.41) is 6.62. The van der Waals surface area contributed by atoms with Crippen LogP contribution >= 0.6 is 24.0 Å². The Hall–Kier alpha value is -0.820. The Morgan fingerprint density at radius 2 is 1.86 bits per heavy atom. The molecule has 0 bridgehead atoms. The molecule has 0 heterocycles. The van der Waals surface area contributed by atoms with Crippen LogP contribution in [0.2, 0.25) is 0 Å². The quantitative estimate of drug-likeness (QED) is 0.449. The summed E-state index contributed by atoms with van der Waals surface area (Å²) >= 11 is 0. The van der Waals surface area contributed by atoms with Gasteiger partial charge in [0.05, 0.1) is 6.54 Å². The fourth-order valence-electron chi connectivity index (χ4n) is 1.82. The number of rotatable bonds is 5. The molecule has 5 heteroatoms. The number of halogens is 1. The Morgan fingerprint density at radius 1 is 1.24 bits per heavy atom. The highest BCUT2D eigenvalue weighted by atomic mass is 127. The largest absolute Gasteiger partial charge is 0.375 e. The normalized spacial score (nSPS) is 13.3. The summed E-state index contributed by atoms with van der Waals surface area (Å²) in [5.74, 6) is 0.818. The summed E-state index contributed by atoms with van der Waals surface area (Å²) in [4.78, 5) is 4.62. The van der Waals surface area contributed by atoms with Crippen LogP contribution in [0.1, 0.15) is 39.4 Å². The molecule has 1 aromatic rings. The Bertz CT molecular complexity index is 415. The van der Waals surface area contributed by atoms with E-state index < -0.39 is 0 Å². The average Bonchev–Trinajstić information content (AvgIpc) is 2.39. The SMILES string of the molecule is CCNC(=NCC(OC)c1ccccc1)NC(C)(C)C.I. The van der Waals surface area contributed by atoms with Crippen LogP contribution in [0, 0.1) is 0 Å². The van der Waals surface area contributed by atoms with Gasteiger partial charge in [0, 0.05) is 19.2 Å². The van der Waals surface area contributed by atoms with Crippen LogP contribution in [0.5, 0.6) is 0 Å². The van der Waals surface area contributed by atoms with Crippen molar-refractivity contribution in [2.45, 2.75) is 39.3 Å². The molecular weight excluding hydrogens is 377 g/mol. The monoisotopic (exact) mass is 405 g/mol. The van der Waals surface area contributed by atoms with Crippen molar-refractivity contribution in [3.05, 3.63) is 35.9 Å². The average molecular weight is 405 g/mol. The maximum Gasteiger partial charge on any atom is 0.191 e. The zero-order chi connectivity index (χ0) is 15.0. The molecule has 0 aliphatic rings. The molecule has 1 rings (SSSR count). The molecule has 0 radical (unpaired) electrons. The van der Waals surface area contributed by atoms with Gasteiger partial charge in [0.15, 0.2) is 5.96 Å². The first-order chi connectivity index (χ1) is 9.46. The van der Waals surface area contributed by atoms with Crippen molar-refractivity contribution in [1.82, 2.24) is 10.6 Å². The number of aliphatic imine (C=N–C) groups is 1. The van der Waals surface area contributed by atoms with E-state index in [0.29, 0.717) is 6.54 Å². The second kappa shape index (κ2) is 10.00. The van der Waals surface area contributed by atoms with Gasteiger partial charge in [-0.1, -0.05) is 30.3 Å². The first-order valence-corrected chi connectivity index (χ1v) is 7.10. The van der Waals surface area contributed by atoms with Crippen LogP contribution in [-0.4, -0.2) is 31.7 Å². The topological polar surface area (TPSA) is 45.7 Å². The van der Waals surface area contributed by atoms with Gasteiger partial charge in [-0.15, -0.1) is 24.0 Å². The molecule has 0 amide bonds. The van der Waals surface area contributed by atoms with E-state index in [1.807, 2.05) is 18.2 Å². The van der Waals surface area contributed by atoms with Crippen molar-refractivity contribution in [3.8, 4) is 0 Å². The Kier molecular flexibility index (Phi) is 9.61. The smallest absolute Gasteiger partial charge is 0.191 e. The number of methoxy groups -OCH3 is 1. The standard InChI is InChI=1S/C16H27N3O.HI/c1-6-17-15(19-16(2,3)4)18-12-14(20-5)13-10-8-7-9-11-13;/h7-11,14H,6,12H2,1-5H3,(H2,17,18,19);1H. The van der Waals surface area contributed by atoms with E-state index in [-0.39, 0.29) is 35.6 Å². The molecule has 120 valence electrons. The van der Waals surface area contributed by atoms with Gasteiger partial charge < -0.3 is 15.4 Å². The van der Waals surface area contributed by atoms with Crippen LogP contribution in [0.15, 0.2) is 35.3 Å². The number of ether oxygens (including phenoxy) is 1. The summed E-state index contributed by atoms with van der Waals surface area (Å²) in [6.07, 6.45) is -0.0216. The van der Waals surface area contributed by atoms with Gasteiger partial charge in [-0.3, -0.25) is 4.99 Å². The number of hydrogen-bond donors (Lipinski definition) is 2. The lowest BCUT2D eigenvalue weighted by Gasteiger charge is -2.24. The minimum Gasteiger partial charge on any atom is -0.375 e. The van der Waals surface area contributed by atoms with Crippen molar-refractivity contribution >= 4 is 29.9 Å². The third kappa shape index (κ3) is 8.26. The Balaban J connectivity index is 0.00000400. The summed E-state index contributed by atoms with van der Waals surface area (Å²) in [5.41, 5.74) is 1.13. The van der Waals surface area contributed by atoms with Gasteiger partial charge in [-0.25, -0.2) is 0 Å². The highest BCUT2D eigenvalue weighted by Crippen LogP contribution is 2.16. The van der Waals surface area contributed by atoms with E-state index in [9.17, 15) is 0 Å². The van der Waals surface area contributed by atoms with Crippen LogP contribution in [0.3, 0.4) is 0 Å². The number of benzene rings is 1. The van der Waals surface area contributed by atoms with Crippen molar-refractivity contribution in [3.63, 3.8) is 0 Å². The highest BCUT2D eigenvalue weighted by molar-refractivity contribution is 14.0. The molecule has 21 heavy (non-hydrogen) atoms. The summed E-state index contributed by atoms with van der Waals surface area (Å²) in [6, 6.07) is 10.2. The fraction of sp³-hybridized carbons (Fsp3) is 0.562. The van der Waals surface area contributed by atoms with Crippen LogP contribution in [0.4, 0.5) is 0 Å². The second-order valence-electron chi connectivity index (χ2n) is 5.73. The first kappa shape index (κ1) is 20.2. The maximum atomic E-state index is 5.53. The zero-order valence-corrected chi connectivity index (χ0v) is 16.0. The lowest BCUT2D eigenvalue weighted by atomic mass is 10.1. The van der Waals surface area contributed by atoms with Gasteiger partial charge in [0.2, 0.25) is 0 Å². The van der Waals surface area contributed by atoms with Gasteiger partial charge in [0.1, 0.15) is 6.10 Å². The number of nitrogens with zero attached hydrogens (tertiary/aromatic N) is 1. The van der Waals surface area contributed by atoms with Crippen LogP contribution < -0.4 is 10.6 Å². The van der Waals surface area contributed by atoms with Crippen molar-refractivity contribution in [2.24, 2.45) is 4.99 Å². The van der Waals surface area contributed by atoms with E-state index >= 15 is 0 Å². The predicted molar refractivity (Wildman–Crippen MR) is 100 cm³/mol. The van der Waals surface area contributed by atoms with E-state index in [2.05, 4.69) is 55.5 Å². The van der Waals surface area contributed by atoms with Gasteiger partial charge in [-0.2, -0.15) is 0 Å². The Labute approximate surface area is 145 Å². The molecule has 0 spiro atoms. The third-order valence-corrected chi connectivity index (χ3v) is 2.71. The molecule has 0 aliphatic heterocycles. The third-order valence-electron chi connectivity index (χ3n) is 2.71. The molecular formula is C16H28IN3O. The maximum absolute atomic E-state index is 5.53. The second-order valence-corrected chi connectivity index (χ2v) is 5.73. The van der Waals surface area contributed by atoms with Gasteiger partial charge in [0.25, 0.3) is 0 Å². The lowest BCUT2D eigenvalue weighted by molar-refractivity contribution is 0.111. The minimum atomic E-state index is -0.0216. The minimum absolute atomic E-state index is 0.